The van der Waals surface area contributed by atoms with Gasteiger partial charge < -0.3 is 25.2 Å². The van der Waals surface area contributed by atoms with Crippen molar-refractivity contribution >= 4 is 25.7 Å². The van der Waals surface area contributed by atoms with Crippen LogP contribution < -0.4 is 5.32 Å². The number of hydrogen-bond donors (Lipinski definition) is 4. The fourth-order valence-corrected chi connectivity index (χ4v) is 6.44. The third-order valence-electron chi connectivity index (χ3n) is 9.09. The number of aliphatic hydroxyl groups excluding tert-OH is 1. The van der Waals surface area contributed by atoms with Gasteiger partial charge in [0.25, 0.3) is 0 Å². The fourth-order valence-electron chi connectivity index (χ4n) is 5.67. The molecule has 3 unspecified atom stereocenters. The van der Waals surface area contributed by atoms with Crippen LogP contribution in [0.3, 0.4) is 0 Å². The van der Waals surface area contributed by atoms with E-state index in [1.807, 2.05) is 0 Å². The van der Waals surface area contributed by atoms with E-state index in [-0.39, 0.29) is 12.8 Å². The van der Waals surface area contributed by atoms with Gasteiger partial charge in [-0.25, -0.2) is 9.36 Å². The molecule has 0 aliphatic carbocycles. The summed E-state index contributed by atoms with van der Waals surface area (Å²) in [6, 6.07) is -1.56. The lowest BCUT2D eigenvalue weighted by atomic mass is 10.1. The maximum Gasteiger partial charge on any atom is 0.472 e. The first kappa shape index (κ1) is 53.4. The number of allylic oxidation sites excluding steroid dienone is 8. The molecule has 1 amide bonds. The Morgan fingerprint density at radius 1 is 0.571 bits per heavy atom. The summed E-state index contributed by atoms with van der Waals surface area (Å²) < 4.78 is 26.8. The van der Waals surface area contributed by atoms with Crippen molar-refractivity contribution in [1.82, 2.24) is 5.32 Å². The van der Waals surface area contributed by atoms with Gasteiger partial charge in [-0.2, -0.15) is 0 Å². The van der Waals surface area contributed by atoms with Gasteiger partial charge in [0.15, 0.2) is 6.04 Å². The van der Waals surface area contributed by atoms with Crippen LogP contribution in [0.15, 0.2) is 48.6 Å². The van der Waals surface area contributed by atoms with E-state index >= 15 is 0 Å². The zero-order valence-electron chi connectivity index (χ0n) is 34.9. The fraction of sp³-hybridized carbons (Fsp3) is 0.750. The van der Waals surface area contributed by atoms with E-state index in [0.29, 0.717) is 12.8 Å². The number of ether oxygens (including phenoxy) is 1. The highest BCUT2D eigenvalue weighted by molar-refractivity contribution is 7.47. The molecule has 0 aliphatic rings. The molecule has 0 aliphatic heterocycles. The molecule has 0 heterocycles. The van der Waals surface area contributed by atoms with E-state index < -0.39 is 57.6 Å². The predicted molar refractivity (Wildman–Crippen MR) is 226 cm³/mol. The first-order valence-electron chi connectivity index (χ1n) is 21.7. The highest BCUT2D eigenvalue weighted by Crippen LogP contribution is 2.43. The van der Waals surface area contributed by atoms with Gasteiger partial charge in [0, 0.05) is 12.8 Å². The van der Waals surface area contributed by atoms with Gasteiger partial charge >= 0.3 is 19.8 Å². The maximum absolute atomic E-state index is 12.3. The van der Waals surface area contributed by atoms with Gasteiger partial charge in [0.1, 0.15) is 12.7 Å². The molecule has 0 bridgehead atoms. The maximum atomic E-state index is 12.3. The number of amides is 1. The summed E-state index contributed by atoms with van der Waals surface area (Å²) in [5, 5.41) is 21.8. The lowest BCUT2D eigenvalue weighted by Gasteiger charge is -2.18. The molecule has 11 nitrogen and oxygen atoms in total. The van der Waals surface area contributed by atoms with Crippen LogP contribution in [0.2, 0.25) is 0 Å². The Hall–Kier alpha value is -2.56. The van der Waals surface area contributed by atoms with Gasteiger partial charge in [-0.1, -0.05) is 140 Å². The van der Waals surface area contributed by atoms with Crippen LogP contribution in [0.1, 0.15) is 181 Å². The van der Waals surface area contributed by atoms with E-state index in [0.717, 1.165) is 89.9 Å². The Balaban J connectivity index is 3.96. The molecule has 3 atom stereocenters. The summed E-state index contributed by atoms with van der Waals surface area (Å²) in [6.07, 6.45) is 42.7. The molecule has 324 valence electrons. The Kier molecular flexibility index (Phi) is 37.5. The molecule has 12 heteroatoms. The van der Waals surface area contributed by atoms with Crippen molar-refractivity contribution < 1.29 is 47.8 Å². The van der Waals surface area contributed by atoms with E-state index in [1.165, 1.54) is 51.4 Å². The van der Waals surface area contributed by atoms with Crippen molar-refractivity contribution in [2.45, 2.75) is 193 Å². The zero-order valence-corrected chi connectivity index (χ0v) is 35.8. The normalized spacial score (nSPS) is 14.2. The second-order valence-electron chi connectivity index (χ2n) is 14.5. The van der Waals surface area contributed by atoms with Crippen LogP contribution >= 0.6 is 7.82 Å². The van der Waals surface area contributed by atoms with Crippen molar-refractivity contribution in [2.24, 2.45) is 0 Å². The second kappa shape index (κ2) is 39.3. The van der Waals surface area contributed by atoms with Crippen LogP contribution in [0.25, 0.3) is 0 Å². The molecular weight excluding hydrogens is 733 g/mol. The summed E-state index contributed by atoms with van der Waals surface area (Å²) >= 11 is 0. The number of esters is 1. The van der Waals surface area contributed by atoms with Crippen molar-refractivity contribution in [1.29, 1.82) is 0 Å². The minimum Gasteiger partial charge on any atom is -0.480 e. The number of carbonyl (C=O) groups excluding carboxylic acids is 2. The highest BCUT2D eigenvalue weighted by Gasteiger charge is 2.28. The zero-order chi connectivity index (χ0) is 41.4. The van der Waals surface area contributed by atoms with E-state index in [2.05, 4.69) is 67.8 Å². The number of carbonyl (C=O) groups is 3. The van der Waals surface area contributed by atoms with Crippen molar-refractivity contribution in [3.8, 4) is 0 Å². The number of rotatable bonds is 40. The third-order valence-corrected chi connectivity index (χ3v) is 10.0. The van der Waals surface area contributed by atoms with Crippen molar-refractivity contribution in [2.75, 3.05) is 19.8 Å². The van der Waals surface area contributed by atoms with Gasteiger partial charge in [-0.15, -0.1) is 0 Å². The standard InChI is InChI=1S/C44H78NO10P/c1-3-5-7-9-11-13-15-17-18-19-20-21-22-24-25-27-29-31-33-35-42(47)45-41(44(49)50)39-55-56(51,52)54-38-40(46)37-53-43(48)36-34-32-30-28-26-23-16-14-12-10-8-6-4-2/h11,13-14,16-18,20-21,40-41,46H,3-10,12,15,19,22-39H2,1-2H3,(H,45,47)(H,49,50)(H,51,52)/b13-11-,16-14-,18-17-,21-20-. The summed E-state index contributed by atoms with van der Waals surface area (Å²) in [4.78, 5) is 45.9. The molecule has 0 spiro atoms. The molecule has 0 aromatic carbocycles. The third kappa shape index (κ3) is 38.3. The van der Waals surface area contributed by atoms with Crippen LogP contribution in [-0.4, -0.2) is 64.9 Å². The lowest BCUT2D eigenvalue weighted by Crippen LogP contribution is -2.43. The minimum atomic E-state index is -4.76. The van der Waals surface area contributed by atoms with Gasteiger partial charge in [-0.05, 0) is 77.0 Å². The molecule has 0 radical (unpaired) electrons. The molecule has 0 aromatic rings. The topological polar surface area (TPSA) is 169 Å². The second-order valence-corrected chi connectivity index (χ2v) is 16.0. The van der Waals surface area contributed by atoms with Gasteiger partial charge in [-0.3, -0.25) is 18.6 Å². The molecule has 0 rings (SSSR count). The first-order chi connectivity index (χ1) is 27.1. The Bertz CT molecular complexity index is 1140. The number of unbranched alkanes of at least 4 members (excludes halogenated alkanes) is 18. The molecule has 0 aromatic heterocycles. The minimum absolute atomic E-state index is 0.129. The SMILES string of the molecule is CCCCC/C=C\C/C=C\C/C=C\CCCCCCCCC(=O)NC(COP(=O)(O)OCC(O)COC(=O)CCCCCCC/C=C\CCCCCC)C(=O)O. The number of phosphoric ester groups is 1. The number of carboxylic acid groups (broad SMARTS) is 1. The average Bonchev–Trinajstić information content (AvgIpc) is 3.17. The number of nitrogens with one attached hydrogen (secondary N) is 1. The highest BCUT2D eigenvalue weighted by atomic mass is 31.2. The molecular formula is C44H78NO10P. The van der Waals surface area contributed by atoms with Crippen molar-refractivity contribution in [3.63, 3.8) is 0 Å². The van der Waals surface area contributed by atoms with Crippen LogP contribution in [0.4, 0.5) is 0 Å². The van der Waals surface area contributed by atoms with Crippen LogP contribution in [0.5, 0.6) is 0 Å². The lowest BCUT2D eigenvalue weighted by molar-refractivity contribution is -0.147. The largest absolute Gasteiger partial charge is 0.480 e. The summed E-state index contributed by atoms with van der Waals surface area (Å²) in [5.41, 5.74) is 0. The van der Waals surface area contributed by atoms with Crippen LogP contribution in [-0.2, 0) is 32.7 Å². The number of phosphoric acid groups is 1. The summed E-state index contributed by atoms with van der Waals surface area (Å²) in [7, 11) is -4.76. The Morgan fingerprint density at radius 2 is 0.982 bits per heavy atom. The number of hydrogen-bond acceptors (Lipinski definition) is 8. The molecule has 4 N–H and O–H groups in total. The predicted octanol–water partition coefficient (Wildman–Crippen LogP) is 11.0. The molecule has 0 saturated carbocycles. The molecule has 56 heavy (non-hydrogen) atoms. The number of carboxylic acids is 1. The summed E-state index contributed by atoms with van der Waals surface area (Å²) in [6.45, 7) is 2.52. The van der Waals surface area contributed by atoms with Gasteiger partial charge in [0.2, 0.25) is 5.91 Å². The summed E-state index contributed by atoms with van der Waals surface area (Å²) in [5.74, 6) is -2.40. The first-order valence-corrected chi connectivity index (χ1v) is 23.2. The Morgan fingerprint density at radius 3 is 1.52 bits per heavy atom. The monoisotopic (exact) mass is 812 g/mol. The number of aliphatic hydroxyl groups is 1. The van der Waals surface area contributed by atoms with Gasteiger partial charge in [0.05, 0.1) is 13.2 Å². The van der Waals surface area contributed by atoms with Crippen LogP contribution in [0, 0.1) is 0 Å². The van der Waals surface area contributed by atoms with E-state index in [4.69, 9.17) is 13.8 Å². The smallest absolute Gasteiger partial charge is 0.472 e. The van der Waals surface area contributed by atoms with E-state index in [1.54, 1.807) is 0 Å². The molecule has 0 fully saturated rings. The quantitative estimate of drug-likeness (QED) is 0.0202. The molecule has 0 saturated heterocycles. The number of aliphatic carboxylic acids is 1. The Labute approximate surface area is 339 Å². The van der Waals surface area contributed by atoms with E-state index in [9.17, 15) is 34.1 Å². The van der Waals surface area contributed by atoms with Crippen molar-refractivity contribution in [3.05, 3.63) is 48.6 Å². The average molecular weight is 812 g/mol.